The fourth-order valence-corrected chi connectivity index (χ4v) is 6.34. The summed E-state index contributed by atoms with van der Waals surface area (Å²) in [6.45, 7) is 9.78. The van der Waals surface area contributed by atoms with Crippen LogP contribution in [0, 0.1) is 5.41 Å². The number of anilines is 1. The van der Waals surface area contributed by atoms with E-state index in [0.717, 1.165) is 32.2 Å². The third-order valence-electron chi connectivity index (χ3n) is 6.95. The maximum absolute atomic E-state index is 11.2. The fourth-order valence-electron chi connectivity index (χ4n) is 5.89. The van der Waals surface area contributed by atoms with E-state index >= 15 is 0 Å². The second-order valence-electron chi connectivity index (χ2n) is 9.19. The Morgan fingerprint density at radius 3 is 2.69 bits per heavy atom. The molecule has 1 aromatic carbocycles. The molecule has 0 bridgehead atoms. The van der Waals surface area contributed by atoms with Crippen molar-refractivity contribution in [2.45, 2.75) is 70.3 Å². The van der Waals surface area contributed by atoms with Crippen LogP contribution in [0.5, 0.6) is 0 Å². The van der Waals surface area contributed by atoms with Gasteiger partial charge in [-0.25, -0.2) is 4.21 Å². The average Bonchev–Trinajstić information content (AvgIpc) is 2.89. The first-order valence-corrected chi connectivity index (χ1v) is 11.8. The molecule has 0 radical (unpaired) electrons. The van der Waals surface area contributed by atoms with Crippen LogP contribution >= 0.6 is 0 Å². The van der Waals surface area contributed by atoms with Gasteiger partial charge in [0.2, 0.25) is 0 Å². The van der Waals surface area contributed by atoms with Gasteiger partial charge in [-0.2, -0.15) is 0 Å². The summed E-state index contributed by atoms with van der Waals surface area (Å²) >= 11 is -1.75. The van der Waals surface area contributed by atoms with Gasteiger partial charge in [0.05, 0.1) is 0 Å². The van der Waals surface area contributed by atoms with Crippen LogP contribution in [0.1, 0.15) is 64.4 Å². The zero-order chi connectivity index (χ0) is 21.2. The van der Waals surface area contributed by atoms with Crippen LogP contribution in [0.4, 0.5) is 5.69 Å². The minimum Gasteiger partial charge on any atom is -0.481 e. The lowest BCUT2D eigenvalue weighted by molar-refractivity contribution is -0.137. The first kappa shape index (κ1) is 22.0. The van der Waals surface area contributed by atoms with E-state index in [9.17, 15) is 14.1 Å². The third kappa shape index (κ3) is 4.15. The van der Waals surface area contributed by atoms with Crippen LogP contribution in [0.15, 0.2) is 36.4 Å². The Bertz CT molecular complexity index is 806. The molecule has 29 heavy (non-hydrogen) atoms. The predicted molar refractivity (Wildman–Crippen MR) is 118 cm³/mol. The zero-order valence-electron chi connectivity index (χ0n) is 17.5. The molecule has 0 spiro atoms. The fraction of sp³-hybridized carbons (Fsp3) is 0.609. The first-order chi connectivity index (χ1) is 13.7. The van der Waals surface area contributed by atoms with Gasteiger partial charge in [-0.15, -0.1) is 0 Å². The van der Waals surface area contributed by atoms with Crippen LogP contribution in [0.3, 0.4) is 0 Å². The molecule has 3 unspecified atom stereocenters. The smallest absolute Gasteiger partial charge is 0.303 e. The lowest BCUT2D eigenvalue weighted by Crippen LogP contribution is -2.56. The second-order valence-corrected chi connectivity index (χ2v) is 10.2. The molecule has 3 atom stereocenters. The molecule has 160 valence electrons. The first-order valence-electron chi connectivity index (χ1n) is 10.5. The minimum absolute atomic E-state index is 0.0248. The van der Waals surface area contributed by atoms with Gasteiger partial charge in [-0.3, -0.25) is 4.79 Å². The number of rotatable bonds is 9. The van der Waals surface area contributed by atoms with Crippen molar-refractivity contribution in [2.75, 3.05) is 17.2 Å². The van der Waals surface area contributed by atoms with Crippen LogP contribution in [-0.4, -0.2) is 38.2 Å². The van der Waals surface area contributed by atoms with Gasteiger partial charge in [-0.05, 0) is 55.6 Å². The van der Waals surface area contributed by atoms with Crippen molar-refractivity contribution in [1.82, 2.24) is 0 Å². The molecule has 1 saturated carbocycles. The highest BCUT2D eigenvalue weighted by Crippen LogP contribution is 2.63. The number of carboxylic acids is 1. The van der Waals surface area contributed by atoms with E-state index < -0.39 is 17.0 Å². The Morgan fingerprint density at radius 2 is 2.00 bits per heavy atom. The summed E-state index contributed by atoms with van der Waals surface area (Å²) in [5.41, 5.74) is 3.69. The molecule has 1 aliphatic carbocycles. The number of nitrogens with zero attached hydrogens (tertiary/aromatic N) is 1. The third-order valence-corrected chi connectivity index (χ3v) is 7.59. The molecule has 0 aromatic heterocycles. The highest BCUT2D eigenvalue weighted by molar-refractivity contribution is 7.79. The van der Waals surface area contributed by atoms with Crippen LogP contribution in [0.25, 0.3) is 0 Å². The number of carbonyl (C=O) groups is 1. The van der Waals surface area contributed by atoms with Crippen molar-refractivity contribution in [3.05, 3.63) is 42.0 Å². The largest absolute Gasteiger partial charge is 0.481 e. The number of fused-ring (bicyclic) bond motifs is 3. The highest BCUT2D eigenvalue weighted by atomic mass is 32.2. The van der Waals surface area contributed by atoms with E-state index in [2.05, 4.69) is 49.6 Å². The van der Waals surface area contributed by atoms with Gasteiger partial charge in [0, 0.05) is 35.9 Å². The van der Waals surface area contributed by atoms with Gasteiger partial charge < -0.3 is 14.6 Å². The lowest BCUT2D eigenvalue weighted by atomic mass is 9.51. The molecule has 1 aromatic rings. The minimum atomic E-state index is -1.75. The molecule has 3 rings (SSSR count). The van der Waals surface area contributed by atoms with E-state index in [1.54, 1.807) is 0 Å². The molecule has 2 aliphatic rings. The van der Waals surface area contributed by atoms with Gasteiger partial charge in [0.1, 0.15) is 0 Å². The van der Waals surface area contributed by atoms with Gasteiger partial charge in [-0.1, -0.05) is 44.2 Å². The van der Waals surface area contributed by atoms with E-state index in [1.807, 2.05) is 0 Å². The topological polar surface area (TPSA) is 77.8 Å². The standard InChI is InChI=1S/C23H33NO4S/c1-17-15-20-23(22(2,3)16-17,12-8-11-21(25)26)18-9-4-5-10-19(18)24(20)13-6-7-14-29(27)28/h4-5,9-10,20H,1,6-8,11-16H2,2-3H3,(H,25,26)(H,27,28). The summed E-state index contributed by atoms with van der Waals surface area (Å²) in [5, 5.41) is 9.22. The maximum Gasteiger partial charge on any atom is 0.303 e. The summed E-state index contributed by atoms with van der Waals surface area (Å²) in [6, 6.07) is 8.81. The SMILES string of the molecule is C=C1CC2N(CCCCS(=O)O)c3ccccc3C2(CCCC(=O)O)C(C)(C)C1. The van der Waals surface area contributed by atoms with Crippen molar-refractivity contribution in [3.8, 4) is 0 Å². The monoisotopic (exact) mass is 419 g/mol. The molecule has 0 amide bonds. The summed E-state index contributed by atoms with van der Waals surface area (Å²) in [7, 11) is 0. The molecule has 0 saturated heterocycles. The molecule has 1 fully saturated rings. The van der Waals surface area contributed by atoms with Crippen molar-refractivity contribution in [2.24, 2.45) is 5.41 Å². The molecular formula is C23H33NO4S. The highest BCUT2D eigenvalue weighted by Gasteiger charge is 2.60. The van der Waals surface area contributed by atoms with Crippen LogP contribution in [0.2, 0.25) is 0 Å². The van der Waals surface area contributed by atoms with Crippen LogP contribution in [-0.2, 0) is 21.3 Å². The number of aliphatic carboxylic acids is 1. The Labute approximate surface area is 176 Å². The Morgan fingerprint density at radius 1 is 1.28 bits per heavy atom. The predicted octanol–water partition coefficient (Wildman–Crippen LogP) is 4.75. The normalized spacial score (nSPS) is 26.1. The van der Waals surface area contributed by atoms with E-state index in [-0.39, 0.29) is 23.3 Å². The summed E-state index contributed by atoms with van der Waals surface area (Å²) in [4.78, 5) is 13.7. The van der Waals surface area contributed by atoms with Crippen molar-refractivity contribution in [3.63, 3.8) is 0 Å². The quantitative estimate of drug-likeness (QED) is 0.343. The van der Waals surface area contributed by atoms with E-state index in [4.69, 9.17) is 4.55 Å². The van der Waals surface area contributed by atoms with Crippen molar-refractivity contribution in [1.29, 1.82) is 0 Å². The Kier molecular flexibility index (Phi) is 6.54. The van der Waals surface area contributed by atoms with Crippen molar-refractivity contribution >= 4 is 22.7 Å². The van der Waals surface area contributed by atoms with Gasteiger partial charge in [0.25, 0.3) is 0 Å². The molecule has 1 heterocycles. The Balaban J connectivity index is 1.97. The molecular weight excluding hydrogens is 386 g/mol. The molecule has 6 heteroatoms. The average molecular weight is 420 g/mol. The number of carboxylic acid groups (broad SMARTS) is 1. The number of benzene rings is 1. The number of hydrogen-bond donors (Lipinski definition) is 2. The molecule has 1 aliphatic heterocycles. The van der Waals surface area contributed by atoms with Gasteiger partial charge in [0.15, 0.2) is 11.1 Å². The summed E-state index contributed by atoms with van der Waals surface area (Å²) < 4.78 is 20.1. The number of unbranched alkanes of at least 4 members (excludes halogenated alkanes) is 1. The van der Waals surface area contributed by atoms with Gasteiger partial charge >= 0.3 is 5.97 Å². The molecule has 5 nitrogen and oxygen atoms in total. The number of hydrogen-bond acceptors (Lipinski definition) is 3. The Hall–Kier alpha value is -1.66. The zero-order valence-corrected chi connectivity index (χ0v) is 18.3. The summed E-state index contributed by atoms with van der Waals surface area (Å²) in [5.74, 6) is -0.432. The number of para-hydroxylation sites is 1. The summed E-state index contributed by atoms with van der Waals surface area (Å²) in [6.07, 6.45) is 5.13. The van der Waals surface area contributed by atoms with E-state index in [0.29, 0.717) is 18.6 Å². The van der Waals surface area contributed by atoms with Crippen LogP contribution < -0.4 is 4.90 Å². The van der Waals surface area contributed by atoms with E-state index in [1.165, 1.54) is 16.8 Å². The maximum atomic E-state index is 11.2. The van der Waals surface area contributed by atoms with Crippen molar-refractivity contribution < 1.29 is 18.7 Å². The molecule has 2 N–H and O–H groups in total. The lowest BCUT2D eigenvalue weighted by Gasteiger charge is -2.54. The second kappa shape index (κ2) is 8.60.